The first-order chi connectivity index (χ1) is 9.73. The van der Waals surface area contributed by atoms with Crippen molar-refractivity contribution in [2.24, 2.45) is 5.92 Å². The fourth-order valence-electron chi connectivity index (χ4n) is 1.84. The number of nitrogens with two attached hydrogens (primary N) is 1. The molecule has 118 valence electrons. The van der Waals surface area contributed by atoms with Crippen LogP contribution in [0.4, 0.5) is 5.69 Å². The summed E-state index contributed by atoms with van der Waals surface area (Å²) in [6, 6.07) is 4.25. The number of nitrogens with zero attached hydrogens (tertiary/aromatic N) is 1. The molecule has 0 saturated carbocycles. The summed E-state index contributed by atoms with van der Waals surface area (Å²) in [6.45, 7) is 1.74. The maximum Gasteiger partial charge on any atom is 0.242 e. The van der Waals surface area contributed by atoms with Gasteiger partial charge in [-0.05, 0) is 12.1 Å². The summed E-state index contributed by atoms with van der Waals surface area (Å²) < 4.78 is 31.1. The number of sulfonamides is 1. The molecule has 1 unspecified atom stereocenters. The van der Waals surface area contributed by atoms with E-state index in [1.54, 1.807) is 6.92 Å². The predicted molar refractivity (Wildman–Crippen MR) is 80.5 cm³/mol. The standard InChI is InChI=1S/C13H21N3O4S/c1-9(13(17)15-2)8-16(3)21(18,19)10-5-6-11(14)12(7-10)20-4/h5-7,9H,8,14H2,1-4H3,(H,15,17). The lowest BCUT2D eigenvalue weighted by molar-refractivity contribution is -0.124. The molecule has 1 amide bonds. The maximum absolute atomic E-state index is 12.5. The van der Waals surface area contributed by atoms with Gasteiger partial charge < -0.3 is 15.8 Å². The van der Waals surface area contributed by atoms with Gasteiger partial charge in [0.2, 0.25) is 15.9 Å². The Bertz CT molecular complexity index is 616. The molecule has 0 aliphatic carbocycles. The van der Waals surface area contributed by atoms with E-state index in [-0.39, 0.29) is 17.3 Å². The van der Waals surface area contributed by atoms with Gasteiger partial charge in [-0.15, -0.1) is 0 Å². The monoisotopic (exact) mass is 315 g/mol. The first-order valence-corrected chi connectivity index (χ1v) is 7.79. The van der Waals surface area contributed by atoms with E-state index in [4.69, 9.17) is 10.5 Å². The Morgan fingerprint density at radius 2 is 2.10 bits per heavy atom. The Morgan fingerprint density at radius 1 is 1.48 bits per heavy atom. The summed E-state index contributed by atoms with van der Waals surface area (Å²) in [6.07, 6.45) is 0. The number of methoxy groups -OCH3 is 1. The van der Waals surface area contributed by atoms with Crippen LogP contribution in [0, 0.1) is 5.92 Å². The number of nitrogens with one attached hydrogen (secondary N) is 1. The minimum Gasteiger partial charge on any atom is -0.495 e. The number of hydrogen-bond acceptors (Lipinski definition) is 5. The zero-order valence-corrected chi connectivity index (χ0v) is 13.4. The van der Waals surface area contributed by atoms with Crippen molar-refractivity contribution in [1.82, 2.24) is 9.62 Å². The molecular formula is C13H21N3O4S. The molecule has 1 aromatic carbocycles. The third kappa shape index (κ3) is 3.85. The molecule has 7 nitrogen and oxygen atoms in total. The second-order valence-electron chi connectivity index (χ2n) is 4.70. The van der Waals surface area contributed by atoms with Crippen molar-refractivity contribution in [1.29, 1.82) is 0 Å². The zero-order valence-electron chi connectivity index (χ0n) is 12.6. The van der Waals surface area contributed by atoms with Crippen molar-refractivity contribution in [3.05, 3.63) is 18.2 Å². The van der Waals surface area contributed by atoms with Crippen LogP contribution in [0.25, 0.3) is 0 Å². The lowest BCUT2D eigenvalue weighted by Gasteiger charge is -2.21. The maximum atomic E-state index is 12.5. The molecule has 0 spiro atoms. The number of ether oxygens (including phenoxy) is 1. The molecule has 21 heavy (non-hydrogen) atoms. The first-order valence-electron chi connectivity index (χ1n) is 6.35. The molecule has 0 heterocycles. The van der Waals surface area contributed by atoms with Gasteiger partial charge in [0.15, 0.2) is 0 Å². The highest BCUT2D eigenvalue weighted by Gasteiger charge is 2.25. The molecule has 0 bridgehead atoms. The number of carbonyl (C=O) groups excluding carboxylic acids is 1. The number of carbonyl (C=O) groups is 1. The minimum atomic E-state index is -3.71. The van der Waals surface area contributed by atoms with Gasteiger partial charge in [0.25, 0.3) is 0 Å². The number of benzene rings is 1. The van der Waals surface area contributed by atoms with E-state index in [1.807, 2.05) is 0 Å². The van der Waals surface area contributed by atoms with Gasteiger partial charge in [0.1, 0.15) is 5.75 Å². The average molecular weight is 315 g/mol. The largest absolute Gasteiger partial charge is 0.495 e. The fourth-order valence-corrected chi connectivity index (χ4v) is 3.12. The molecule has 0 aliphatic rings. The van der Waals surface area contributed by atoms with Crippen molar-refractivity contribution in [3.8, 4) is 5.75 Å². The number of amides is 1. The SMILES string of the molecule is CNC(=O)C(C)CN(C)S(=O)(=O)c1ccc(N)c(OC)c1. The van der Waals surface area contributed by atoms with Crippen molar-refractivity contribution in [3.63, 3.8) is 0 Å². The van der Waals surface area contributed by atoms with Crippen LogP contribution < -0.4 is 15.8 Å². The topological polar surface area (TPSA) is 102 Å². The number of nitrogen functional groups attached to an aromatic ring is 1. The smallest absolute Gasteiger partial charge is 0.242 e. The lowest BCUT2D eigenvalue weighted by atomic mass is 10.2. The van der Waals surface area contributed by atoms with Crippen LogP contribution in [-0.4, -0.2) is 46.4 Å². The van der Waals surface area contributed by atoms with Crippen LogP contribution in [0.1, 0.15) is 6.92 Å². The minimum absolute atomic E-state index is 0.0696. The van der Waals surface area contributed by atoms with E-state index in [0.717, 1.165) is 4.31 Å². The number of rotatable bonds is 6. The van der Waals surface area contributed by atoms with Crippen LogP contribution in [0.3, 0.4) is 0 Å². The first kappa shape index (κ1) is 17.3. The molecule has 3 N–H and O–H groups in total. The normalized spacial score (nSPS) is 13.0. The molecule has 0 radical (unpaired) electrons. The van der Waals surface area contributed by atoms with Crippen molar-refractivity contribution < 1.29 is 17.9 Å². The fraction of sp³-hybridized carbons (Fsp3) is 0.462. The molecule has 0 saturated heterocycles. The zero-order chi connectivity index (χ0) is 16.2. The molecule has 1 rings (SSSR count). The Labute approximate surface area is 125 Å². The van der Waals surface area contributed by atoms with E-state index in [2.05, 4.69) is 5.32 Å². The Morgan fingerprint density at radius 3 is 2.62 bits per heavy atom. The Kier molecular flexibility index (Phi) is 5.56. The van der Waals surface area contributed by atoms with Gasteiger partial charge in [-0.2, -0.15) is 0 Å². The lowest BCUT2D eigenvalue weighted by Crippen LogP contribution is -2.37. The summed E-state index contributed by atoms with van der Waals surface area (Å²) >= 11 is 0. The van der Waals surface area contributed by atoms with Gasteiger partial charge in [0.05, 0.1) is 17.7 Å². The van der Waals surface area contributed by atoms with Gasteiger partial charge >= 0.3 is 0 Å². The number of anilines is 1. The Hall–Kier alpha value is -1.80. The quantitative estimate of drug-likeness (QED) is 0.734. The van der Waals surface area contributed by atoms with Crippen LogP contribution >= 0.6 is 0 Å². The van der Waals surface area contributed by atoms with E-state index in [0.29, 0.717) is 11.4 Å². The molecule has 0 aliphatic heterocycles. The molecule has 1 aromatic rings. The van der Waals surface area contributed by atoms with E-state index in [9.17, 15) is 13.2 Å². The average Bonchev–Trinajstić information content (AvgIpc) is 2.46. The Balaban J connectivity index is 3.02. The third-order valence-electron chi connectivity index (χ3n) is 3.14. The second-order valence-corrected chi connectivity index (χ2v) is 6.75. The van der Waals surface area contributed by atoms with E-state index < -0.39 is 15.9 Å². The van der Waals surface area contributed by atoms with Gasteiger partial charge in [0, 0.05) is 32.6 Å². The summed E-state index contributed by atoms with van der Waals surface area (Å²) in [7, 11) is 0.649. The summed E-state index contributed by atoms with van der Waals surface area (Å²) in [5, 5.41) is 2.49. The van der Waals surface area contributed by atoms with Crippen LogP contribution in [0.2, 0.25) is 0 Å². The number of hydrogen-bond donors (Lipinski definition) is 2. The highest BCUT2D eigenvalue weighted by Crippen LogP contribution is 2.26. The molecule has 0 aromatic heterocycles. The molecule has 8 heteroatoms. The van der Waals surface area contributed by atoms with E-state index in [1.165, 1.54) is 39.4 Å². The summed E-state index contributed by atoms with van der Waals surface area (Å²) in [5.74, 6) is -0.374. The predicted octanol–water partition coefficient (Wildman–Crippen LogP) is 0.280. The second kappa shape index (κ2) is 6.77. The van der Waals surface area contributed by atoms with Crippen LogP contribution in [-0.2, 0) is 14.8 Å². The highest BCUT2D eigenvalue weighted by molar-refractivity contribution is 7.89. The third-order valence-corrected chi connectivity index (χ3v) is 4.96. The van der Waals surface area contributed by atoms with Crippen LogP contribution in [0.15, 0.2) is 23.1 Å². The molecule has 1 atom stereocenters. The van der Waals surface area contributed by atoms with Crippen molar-refractivity contribution >= 4 is 21.6 Å². The van der Waals surface area contributed by atoms with Gasteiger partial charge in [-0.25, -0.2) is 12.7 Å². The van der Waals surface area contributed by atoms with E-state index >= 15 is 0 Å². The van der Waals surface area contributed by atoms with Crippen molar-refractivity contribution in [2.45, 2.75) is 11.8 Å². The molecular weight excluding hydrogens is 294 g/mol. The summed E-state index contributed by atoms with van der Waals surface area (Å²) in [4.78, 5) is 11.6. The van der Waals surface area contributed by atoms with Crippen LogP contribution in [0.5, 0.6) is 5.75 Å². The van der Waals surface area contributed by atoms with Gasteiger partial charge in [-0.1, -0.05) is 6.92 Å². The highest BCUT2D eigenvalue weighted by atomic mass is 32.2. The molecule has 0 fully saturated rings. The van der Waals surface area contributed by atoms with Gasteiger partial charge in [-0.3, -0.25) is 4.79 Å². The summed E-state index contributed by atoms with van der Waals surface area (Å²) in [5.41, 5.74) is 6.03. The van der Waals surface area contributed by atoms with Crippen molar-refractivity contribution in [2.75, 3.05) is 33.5 Å².